The van der Waals surface area contributed by atoms with Crippen molar-refractivity contribution in [1.82, 2.24) is 14.6 Å². The lowest BCUT2D eigenvalue weighted by atomic mass is 10.1. The molecule has 6 nitrogen and oxygen atoms in total. The van der Waals surface area contributed by atoms with Crippen LogP contribution in [0.1, 0.15) is 28.8 Å². The molecule has 8 heteroatoms. The second kappa shape index (κ2) is 8.03. The van der Waals surface area contributed by atoms with E-state index in [2.05, 4.69) is 10.6 Å². The maximum Gasteiger partial charge on any atom is 0.267 e. The van der Waals surface area contributed by atoms with Crippen LogP contribution in [0.2, 0.25) is 0 Å². The monoisotopic (exact) mass is 383 g/mol. The van der Waals surface area contributed by atoms with Gasteiger partial charge in [-0.1, -0.05) is 17.7 Å². The van der Waals surface area contributed by atoms with E-state index in [0.29, 0.717) is 5.56 Å². The molecule has 0 spiro atoms. The van der Waals surface area contributed by atoms with Gasteiger partial charge in [0.2, 0.25) is 0 Å². The molecular weight excluding hydrogens is 362 g/mol. The van der Waals surface area contributed by atoms with Crippen molar-refractivity contribution in [2.24, 2.45) is 0 Å². The molecule has 1 amide bonds. The van der Waals surface area contributed by atoms with Crippen LogP contribution in [0.5, 0.6) is 0 Å². The molecule has 1 unspecified atom stereocenters. The van der Waals surface area contributed by atoms with Crippen LogP contribution in [0.25, 0.3) is 0 Å². The van der Waals surface area contributed by atoms with Gasteiger partial charge in [0, 0.05) is 25.0 Å². The summed E-state index contributed by atoms with van der Waals surface area (Å²) >= 11 is 0. The van der Waals surface area contributed by atoms with Crippen LogP contribution in [-0.4, -0.2) is 37.4 Å². The van der Waals surface area contributed by atoms with E-state index in [1.807, 2.05) is 6.92 Å². The smallest absolute Gasteiger partial charge is 0.267 e. The maximum atomic E-state index is 12.6. The summed E-state index contributed by atoms with van der Waals surface area (Å²) in [6.07, 6.45) is 4.72. The highest BCUT2D eigenvalue weighted by molar-refractivity contribution is 7.90. The van der Waals surface area contributed by atoms with Gasteiger partial charge in [-0.05, 0) is 44.5 Å². The number of amides is 1. The van der Waals surface area contributed by atoms with E-state index in [9.17, 15) is 13.2 Å². The van der Waals surface area contributed by atoms with Crippen LogP contribution in [0.4, 0.5) is 0 Å². The molecule has 1 atom stereocenters. The zero-order chi connectivity index (χ0) is 17.2. The van der Waals surface area contributed by atoms with Crippen LogP contribution >= 0.6 is 12.4 Å². The predicted octanol–water partition coefficient (Wildman–Crippen LogP) is 1.94. The summed E-state index contributed by atoms with van der Waals surface area (Å²) in [5, 5.41) is 6.17. The fourth-order valence-corrected chi connectivity index (χ4v) is 3.93. The molecule has 1 aromatic carbocycles. The first-order valence-electron chi connectivity index (χ1n) is 7.98. The quantitative estimate of drug-likeness (QED) is 0.845. The van der Waals surface area contributed by atoms with E-state index >= 15 is 0 Å². The fraction of sp³-hybridized carbons (Fsp3) is 0.353. The van der Waals surface area contributed by atoms with Crippen molar-refractivity contribution < 1.29 is 13.2 Å². The van der Waals surface area contributed by atoms with E-state index in [4.69, 9.17) is 0 Å². The number of rotatable bonds is 4. The largest absolute Gasteiger partial charge is 0.348 e. The Morgan fingerprint density at radius 2 is 1.96 bits per heavy atom. The predicted molar refractivity (Wildman–Crippen MR) is 98.8 cm³/mol. The van der Waals surface area contributed by atoms with Gasteiger partial charge in [0.25, 0.3) is 15.9 Å². The summed E-state index contributed by atoms with van der Waals surface area (Å²) in [5.41, 5.74) is 1.33. The molecule has 1 saturated heterocycles. The molecular formula is C17H22ClN3O3S. The van der Waals surface area contributed by atoms with Crippen molar-refractivity contribution in [3.8, 4) is 0 Å². The second-order valence-electron chi connectivity index (χ2n) is 6.06. The summed E-state index contributed by atoms with van der Waals surface area (Å²) in [7, 11) is -3.68. The molecule has 0 aliphatic carbocycles. The third kappa shape index (κ3) is 4.42. The van der Waals surface area contributed by atoms with Crippen LogP contribution in [-0.2, 0) is 10.0 Å². The molecule has 136 valence electrons. The second-order valence-corrected chi connectivity index (χ2v) is 7.91. The average Bonchev–Trinajstić information content (AvgIpc) is 3.07. The van der Waals surface area contributed by atoms with E-state index in [1.165, 1.54) is 18.5 Å². The molecule has 2 N–H and O–H groups in total. The molecule has 1 fully saturated rings. The Morgan fingerprint density at radius 3 is 2.60 bits per heavy atom. The number of halogens is 1. The lowest BCUT2D eigenvalue weighted by Gasteiger charge is -2.23. The van der Waals surface area contributed by atoms with E-state index < -0.39 is 10.0 Å². The van der Waals surface area contributed by atoms with Gasteiger partial charge in [-0.2, -0.15) is 0 Å². The number of piperidine rings is 1. The maximum absolute atomic E-state index is 12.6. The molecule has 2 aromatic rings. The van der Waals surface area contributed by atoms with E-state index in [0.717, 1.165) is 35.5 Å². The molecule has 1 aliphatic heterocycles. The Bertz CT molecular complexity index is 825. The number of hydrogen-bond acceptors (Lipinski definition) is 4. The van der Waals surface area contributed by atoms with Gasteiger partial charge < -0.3 is 10.6 Å². The molecule has 0 radical (unpaired) electrons. The first kappa shape index (κ1) is 19.5. The van der Waals surface area contributed by atoms with Gasteiger partial charge in [0.15, 0.2) is 0 Å². The Kier molecular flexibility index (Phi) is 6.26. The van der Waals surface area contributed by atoms with Crippen molar-refractivity contribution >= 4 is 28.3 Å². The standard InChI is InChI=1S/C17H21N3O3S.ClH/c1-13-4-6-16(7-5-13)24(22,23)20-10-8-14(12-20)17(21)19-15-3-2-9-18-11-15;/h4-8,10,12,15,18H,2-3,9,11H2,1H3,(H,19,21);1H. The minimum absolute atomic E-state index is 0. The fourth-order valence-electron chi connectivity index (χ4n) is 2.74. The lowest BCUT2D eigenvalue weighted by Crippen LogP contribution is -2.45. The van der Waals surface area contributed by atoms with Crippen molar-refractivity contribution in [3.63, 3.8) is 0 Å². The third-order valence-corrected chi connectivity index (χ3v) is 5.81. The molecule has 25 heavy (non-hydrogen) atoms. The molecule has 3 rings (SSSR count). The van der Waals surface area contributed by atoms with Crippen LogP contribution in [0, 0.1) is 6.92 Å². The number of aryl methyl sites for hydroxylation is 1. The highest BCUT2D eigenvalue weighted by Gasteiger charge is 2.20. The molecule has 1 aliphatic rings. The summed E-state index contributed by atoms with van der Waals surface area (Å²) in [6, 6.07) is 8.25. The zero-order valence-electron chi connectivity index (χ0n) is 13.9. The molecule has 1 aromatic heterocycles. The Balaban J connectivity index is 0.00000225. The van der Waals surface area contributed by atoms with Gasteiger partial charge in [-0.25, -0.2) is 12.4 Å². The molecule has 0 saturated carbocycles. The first-order chi connectivity index (χ1) is 11.5. The number of benzene rings is 1. The van der Waals surface area contributed by atoms with Crippen LogP contribution in [0.15, 0.2) is 47.6 Å². The zero-order valence-corrected chi connectivity index (χ0v) is 15.6. The third-order valence-electron chi connectivity index (χ3n) is 4.16. The van der Waals surface area contributed by atoms with Gasteiger partial charge in [0.1, 0.15) is 0 Å². The number of carbonyl (C=O) groups excluding carboxylic acids is 1. The molecule has 2 heterocycles. The molecule has 0 bridgehead atoms. The van der Waals surface area contributed by atoms with Crippen molar-refractivity contribution in [2.75, 3.05) is 13.1 Å². The number of hydrogen-bond donors (Lipinski definition) is 2. The minimum atomic E-state index is -3.68. The Labute approximate surface area is 154 Å². The van der Waals surface area contributed by atoms with Crippen LogP contribution < -0.4 is 10.6 Å². The summed E-state index contributed by atoms with van der Waals surface area (Å²) in [5.74, 6) is -0.249. The van der Waals surface area contributed by atoms with E-state index in [1.54, 1.807) is 24.3 Å². The lowest BCUT2D eigenvalue weighted by molar-refractivity contribution is 0.0931. The number of nitrogens with one attached hydrogen (secondary N) is 2. The van der Waals surface area contributed by atoms with Crippen molar-refractivity contribution in [2.45, 2.75) is 30.7 Å². The number of carbonyl (C=O) groups is 1. The summed E-state index contributed by atoms with van der Waals surface area (Å²) < 4.78 is 26.3. The van der Waals surface area contributed by atoms with Gasteiger partial charge in [-0.15, -0.1) is 12.4 Å². The van der Waals surface area contributed by atoms with Gasteiger partial charge in [0.05, 0.1) is 10.5 Å². The highest BCUT2D eigenvalue weighted by atomic mass is 35.5. The number of nitrogens with zero attached hydrogens (tertiary/aromatic N) is 1. The Morgan fingerprint density at radius 1 is 1.24 bits per heavy atom. The van der Waals surface area contributed by atoms with Crippen LogP contribution in [0.3, 0.4) is 0 Å². The summed E-state index contributed by atoms with van der Waals surface area (Å²) in [4.78, 5) is 12.5. The Hall–Kier alpha value is -1.83. The topological polar surface area (TPSA) is 80.2 Å². The highest BCUT2D eigenvalue weighted by Crippen LogP contribution is 2.16. The number of aromatic nitrogens is 1. The average molecular weight is 384 g/mol. The van der Waals surface area contributed by atoms with Crippen molar-refractivity contribution in [3.05, 3.63) is 53.9 Å². The van der Waals surface area contributed by atoms with Crippen molar-refractivity contribution in [1.29, 1.82) is 0 Å². The SMILES string of the molecule is Cc1ccc(S(=O)(=O)n2ccc(C(=O)NC3CCCNC3)c2)cc1.Cl. The van der Waals surface area contributed by atoms with E-state index in [-0.39, 0.29) is 29.3 Å². The summed E-state index contributed by atoms with van der Waals surface area (Å²) in [6.45, 7) is 3.61. The van der Waals surface area contributed by atoms with Gasteiger partial charge in [-0.3, -0.25) is 4.79 Å². The minimum Gasteiger partial charge on any atom is -0.348 e. The first-order valence-corrected chi connectivity index (χ1v) is 9.42. The van der Waals surface area contributed by atoms with Gasteiger partial charge >= 0.3 is 0 Å². The normalized spacial score (nSPS) is 17.6.